The molecule has 0 bridgehead atoms. The molecule has 2 fully saturated rings. The van der Waals surface area contributed by atoms with Crippen molar-refractivity contribution in [3.05, 3.63) is 0 Å². The molecule has 2 unspecified atom stereocenters. The fraction of sp³-hybridized carbons (Fsp3) is 0.933. The van der Waals surface area contributed by atoms with Gasteiger partial charge in [0.05, 0.1) is 0 Å². The molecule has 0 aromatic heterocycles. The first-order chi connectivity index (χ1) is 8.60. The molecule has 2 atom stereocenters. The quantitative estimate of drug-likeness (QED) is 0.815. The molecule has 3 heteroatoms. The van der Waals surface area contributed by atoms with Gasteiger partial charge in [-0.1, -0.05) is 20.8 Å². The Labute approximate surface area is 111 Å². The first-order valence-corrected chi connectivity index (χ1v) is 7.64. The first-order valence-electron chi connectivity index (χ1n) is 7.64. The van der Waals surface area contributed by atoms with Crippen molar-refractivity contribution in [2.45, 2.75) is 65.0 Å². The predicted molar refractivity (Wildman–Crippen MR) is 74.4 cm³/mol. The third kappa shape index (κ3) is 3.71. The van der Waals surface area contributed by atoms with Crippen LogP contribution in [-0.4, -0.2) is 36.0 Å². The number of piperidine rings is 1. The Bertz CT molecular complexity index is 286. The Kier molecular flexibility index (Phi) is 4.66. The lowest BCUT2D eigenvalue weighted by atomic mass is 9.85. The van der Waals surface area contributed by atoms with Crippen molar-refractivity contribution in [1.29, 1.82) is 0 Å². The largest absolute Gasteiger partial charge is 0.341 e. The lowest BCUT2D eigenvalue weighted by Gasteiger charge is -2.40. The second kappa shape index (κ2) is 6.05. The number of carbonyl (C=O) groups is 1. The lowest BCUT2D eigenvalue weighted by Crippen LogP contribution is -2.52. The maximum atomic E-state index is 12.1. The molecular formula is C15H28N2O. The summed E-state index contributed by atoms with van der Waals surface area (Å²) in [6.45, 7) is 8.55. The molecule has 1 amide bonds. The van der Waals surface area contributed by atoms with Gasteiger partial charge in [0.2, 0.25) is 5.91 Å². The van der Waals surface area contributed by atoms with Crippen molar-refractivity contribution in [2.24, 2.45) is 11.8 Å². The summed E-state index contributed by atoms with van der Waals surface area (Å²) in [5, 5.41) is 3.71. The van der Waals surface area contributed by atoms with Gasteiger partial charge >= 0.3 is 0 Å². The number of carbonyl (C=O) groups excluding carboxylic acids is 1. The summed E-state index contributed by atoms with van der Waals surface area (Å²) in [5.41, 5.74) is 0. The molecule has 18 heavy (non-hydrogen) atoms. The van der Waals surface area contributed by atoms with E-state index in [0.29, 0.717) is 30.2 Å². The van der Waals surface area contributed by atoms with E-state index in [9.17, 15) is 4.79 Å². The zero-order valence-corrected chi connectivity index (χ0v) is 12.1. The van der Waals surface area contributed by atoms with Gasteiger partial charge < -0.3 is 10.2 Å². The van der Waals surface area contributed by atoms with Gasteiger partial charge in [-0.2, -0.15) is 0 Å². The minimum absolute atomic E-state index is 0.352. The van der Waals surface area contributed by atoms with Crippen LogP contribution in [0, 0.1) is 11.8 Å². The smallest absolute Gasteiger partial charge is 0.222 e. The van der Waals surface area contributed by atoms with E-state index in [0.717, 1.165) is 25.6 Å². The normalized spacial score (nSPS) is 28.8. The SMILES string of the molecule is CCCC(=O)N1CC(NC2CC2)CC(C(C)C)C1. The summed E-state index contributed by atoms with van der Waals surface area (Å²) in [5.74, 6) is 1.69. The van der Waals surface area contributed by atoms with Crippen molar-refractivity contribution in [3.63, 3.8) is 0 Å². The van der Waals surface area contributed by atoms with E-state index in [-0.39, 0.29) is 0 Å². The Balaban J connectivity index is 1.93. The molecule has 1 aliphatic heterocycles. The number of amides is 1. The number of nitrogens with one attached hydrogen (secondary N) is 1. The van der Waals surface area contributed by atoms with E-state index < -0.39 is 0 Å². The molecule has 1 heterocycles. The molecule has 0 spiro atoms. The van der Waals surface area contributed by atoms with Crippen LogP contribution in [-0.2, 0) is 4.79 Å². The van der Waals surface area contributed by atoms with Gasteiger partial charge in [0.25, 0.3) is 0 Å². The van der Waals surface area contributed by atoms with E-state index in [4.69, 9.17) is 0 Å². The second-order valence-electron chi connectivity index (χ2n) is 6.43. The monoisotopic (exact) mass is 252 g/mol. The zero-order chi connectivity index (χ0) is 13.1. The molecule has 0 aromatic carbocycles. The summed E-state index contributed by atoms with van der Waals surface area (Å²) in [6, 6.07) is 1.27. The number of hydrogen-bond donors (Lipinski definition) is 1. The minimum Gasteiger partial charge on any atom is -0.341 e. The molecule has 0 radical (unpaired) electrons. The van der Waals surface area contributed by atoms with Crippen LogP contribution in [0.25, 0.3) is 0 Å². The number of rotatable bonds is 5. The van der Waals surface area contributed by atoms with Crippen LogP contribution in [0.1, 0.15) is 52.9 Å². The van der Waals surface area contributed by atoms with E-state index in [1.54, 1.807) is 0 Å². The summed E-state index contributed by atoms with van der Waals surface area (Å²) in [6.07, 6.45) is 5.56. The van der Waals surface area contributed by atoms with Crippen molar-refractivity contribution >= 4 is 5.91 Å². The van der Waals surface area contributed by atoms with Gasteiger partial charge in [0.1, 0.15) is 0 Å². The Morgan fingerprint density at radius 3 is 2.56 bits per heavy atom. The molecule has 1 aliphatic carbocycles. The fourth-order valence-corrected chi connectivity index (χ4v) is 2.90. The Morgan fingerprint density at radius 2 is 2.00 bits per heavy atom. The highest BCUT2D eigenvalue weighted by atomic mass is 16.2. The summed E-state index contributed by atoms with van der Waals surface area (Å²) >= 11 is 0. The number of nitrogens with zero attached hydrogens (tertiary/aromatic N) is 1. The van der Waals surface area contributed by atoms with Crippen LogP contribution in [0.4, 0.5) is 0 Å². The van der Waals surface area contributed by atoms with Crippen molar-refractivity contribution < 1.29 is 4.79 Å². The summed E-state index contributed by atoms with van der Waals surface area (Å²) in [4.78, 5) is 14.2. The highest BCUT2D eigenvalue weighted by Crippen LogP contribution is 2.27. The van der Waals surface area contributed by atoms with Crippen LogP contribution in [0.3, 0.4) is 0 Å². The van der Waals surface area contributed by atoms with E-state index in [1.807, 2.05) is 0 Å². The number of likely N-dealkylation sites (tertiary alicyclic amines) is 1. The first kappa shape index (κ1) is 13.9. The van der Waals surface area contributed by atoms with Gasteiger partial charge in [-0.3, -0.25) is 4.79 Å². The van der Waals surface area contributed by atoms with Crippen LogP contribution in [0.2, 0.25) is 0 Å². The standard InChI is InChI=1S/C15H28N2O/c1-4-5-15(18)17-9-12(11(2)3)8-14(10-17)16-13-6-7-13/h11-14,16H,4-10H2,1-3H3. The molecule has 3 nitrogen and oxygen atoms in total. The van der Waals surface area contributed by atoms with E-state index in [1.165, 1.54) is 19.3 Å². The van der Waals surface area contributed by atoms with Crippen LogP contribution in [0.15, 0.2) is 0 Å². The van der Waals surface area contributed by atoms with Crippen molar-refractivity contribution in [1.82, 2.24) is 10.2 Å². The van der Waals surface area contributed by atoms with Gasteiger partial charge in [-0.15, -0.1) is 0 Å². The van der Waals surface area contributed by atoms with Gasteiger partial charge in [0, 0.05) is 31.6 Å². The minimum atomic E-state index is 0.352. The molecule has 1 saturated heterocycles. The fourth-order valence-electron chi connectivity index (χ4n) is 2.90. The lowest BCUT2D eigenvalue weighted by molar-refractivity contribution is -0.134. The second-order valence-corrected chi connectivity index (χ2v) is 6.43. The number of hydrogen-bond acceptors (Lipinski definition) is 2. The molecule has 0 aromatic rings. The van der Waals surface area contributed by atoms with E-state index >= 15 is 0 Å². The van der Waals surface area contributed by atoms with Crippen LogP contribution in [0.5, 0.6) is 0 Å². The molecule has 1 N–H and O–H groups in total. The zero-order valence-electron chi connectivity index (χ0n) is 12.1. The molecular weight excluding hydrogens is 224 g/mol. The topological polar surface area (TPSA) is 32.3 Å². The summed E-state index contributed by atoms with van der Waals surface area (Å²) in [7, 11) is 0. The van der Waals surface area contributed by atoms with Gasteiger partial charge in [-0.25, -0.2) is 0 Å². The predicted octanol–water partition coefficient (Wildman–Crippen LogP) is 2.41. The van der Waals surface area contributed by atoms with Crippen LogP contribution >= 0.6 is 0 Å². The van der Waals surface area contributed by atoms with E-state index in [2.05, 4.69) is 31.0 Å². The average Bonchev–Trinajstić information content (AvgIpc) is 3.12. The molecule has 1 saturated carbocycles. The third-order valence-electron chi connectivity index (χ3n) is 4.29. The third-order valence-corrected chi connectivity index (χ3v) is 4.29. The van der Waals surface area contributed by atoms with Crippen LogP contribution < -0.4 is 5.32 Å². The Hall–Kier alpha value is -0.570. The maximum absolute atomic E-state index is 12.1. The van der Waals surface area contributed by atoms with Gasteiger partial charge in [0.15, 0.2) is 0 Å². The highest BCUT2D eigenvalue weighted by Gasteiger charge is 2.33. The highest BCUT2D eigenvalue weighted by molar-refractivity contribution is 5.76. The molecule has 2 rings (SSSR count). The van der Waals surface area contributed by atoms with Gasteiger partial charge in [-0.05, 0) is 37.5 Å². The van der Waals surface area contributed by atoms with Crippen molar-refractivity contribution in [2.75, 3.05) is 13.1 Å². The van der Waals surface area contributed by atoms with Crippen molar-refractivity contribution in [3.8, 4) is 0 Å². The summed E-state index contributed by atoms with van der Waals surface area (Å²) < 4.78 is 0. The molecule has 104 valence electrons. The maximum Gasteiger partial charge on any atom is 0.222 e. The average molecular weight is 252 g/mol. The Morgan fingerprint density at radius 1 is 1.28 bits per heavy atom. The molecule has 2 aliphatic rings.